The van der Waals surface area contributed by atoms with Crippen molar-refractivity contribution < 1.29 is 4.39 Å². The third kappa shape index (κ3) is 4.26. The van der Waals surface area contributed by atoms with E-state index in [0.29, 0.717) is 12.0 Å². The van der Waals surface area contributed by atoms with Gasteiger partial charge in [-0.3, -0.25) is 0 Å². The summed E-state index contributed by atoms with van der Waals surface area (Å²) in [5.41, 5.74) is 6.02. The van der Waals surface area contributed by atoms with Crippen LogP contribution in [0.4, 0.5) is 4.39 Å². The Bertz CT molecular complexity index is 359. The Hall–Kier alpha value is -0.580. The third-order valence-electron chi connectivity index (χ3n) is 3.26. The Kier molecular flexibility index (Phi) is 5.03. The summed E-state index contributed by atoms with van der Waals surface area (Å²) in [4.78, 5) is 3.57. The second-order valence-corrected chi connectivity index (χ2v) is 6.33. The molecule has 2 unspecified atom stereocenters. The van der Waals surface area contributed by atoms with Gasteiger partial charge in [0.05, 0.1) is 0 Å². The maximum Gasteiger partial charge on any atom is 0.123 e. The molecule has 2 N–H and O–H groups in total. The van der Waals surface area contributed by atoms with E-state index in [4.69, 9.17) is 5.73 Å². The lowest BCUT2D eigenvalue weighted by Gasteiger charge is -2.34. The molecule has 2 nitrogen and oxygen atoms in total. The van der Waals surface area contributed by atoms with E-state index in [1.54, 1.807) is 11.8 Å². The first kappa shape index (κ1) is 13.8. The van der Waals surface area contributed by atoms with Crippen LogP contribution in [-0.4, -0.2) is 36.3 Å². The zero-order valence-electron chi connectivity index (χ0n) is 10.8. The van der Waals surface area contributed by atoms with Crippen molar-refractivity contribution in [3.05, 3.63) is 30.1 Å². The summed E-state index contributed by atoms with van der Waals surface area (Å²) in [7, 11) is 0. The summed E-state index contributed by atoms with van der Waals surface area (Å²) < 4.78 is 12.8. The van der Waals surface area contributed by atoms with Crippen LogP contribution in [0.15, 0.2) is 29.2 Å². The van der Waals surface area contributed by atoms with Crippen molar-refractivity contribution in [2.24, 2.45) is 11.7 Å². The largest absolute Gasteiger partial charge is 0.327 e. The van der Waals surface area contributed by atoms with Gasteiger partial charge in [0.1, 0.15) is 5.82 Å². The minimum atomic E-state index is -0.171. The second-order valence-electron chi connectivity index (χ2n) is 5.16. The van der Waals surface area contributed by atoms with Crippen molar-refractivity contribution >= 4 is 11.8 Å². The predicted molar refractivity (Wildman–Crippen MR) is 75.3 cm³/mol. The van der Waals surface area contributed by atoms with Gasteiger partial charge < -0.3 is 10.6 Å². The molecule has 4 heteroatoms. The van der Waals surface area contributed by atoms with Gasteiger partial charge in [-0.1, -0.05) is 6.92 Å². The smallest absolute Gasteiger partial charge is 0.123 e. The van der Waals surface area contributed by atoms with Crippen LogP contribution in [0.25, 0.3) is 0 Å². The fraction of sp³-hybridized carbons (Fsp3) is 0.571. The molecule has 0 aromatic heterocycles. The predicted octanol–water partition coefficient (Wildman–Crippen LogP) is 2.59. The van der Waals surface area contributed by atoms with Gasteiger partial charge in [0, 0.05) is 36.3 Å². The van der Waals surface area contributed by atoms with Crippen LogP contribution < -0.4 is 5.73 Å². The average Bonchev–Trinajstić information content (AvgIpc) is 2.30. The van der Waals surface area contributed by atoms with Gasteiger partial charge in [0.2, 0.25) is 0 Å². The molecule has 0 amide bonds. The molecule has 1 aliphatic rings. The highest BCUT2D eigenvalue weighted by Gasteiger charge is 2.21. The van der Waals surface area contributed by atoms with E-state index in [1.165, 1.54) is 12.1 Å². The van der Waals surface area contributed by atoms with Crippen molar-refractivity contribution in [1.29, 1.82) is 0 Å². The number of likely N-dealkylation sites (tertiary alicyclic amines) is 1. The standard InChI is InChI=1S/C14H21FN2S/c1-11-8-13(16)10-17(9-11)6-7-18-14-4-2-12(15)3-5-14/h2-5,11,13H,6-10,16H2,1H3. The number of hydrogen-bond donors (Lipinski definition) is 1. The molecule has 1 aliphatic heterocycles. The van der Waals surface area contributed by atoms with E-state index in [-0.39, 0.29) is 5.82 Å². The van der Waals surface area contributed by atoms with Crippen molar-refractivity contribution in [2.75, 3.05) is 25.4 Å². The van der Waals surface area contributed by atoms with Crippen LogP contribution in [0, 0.1) is 11.7 Å². The molecule has 0 radical (unpaired) electrons. The van der Waals surface area contributed by atoms with Gasteiger partial charge in [0.25, 0.3) is 0 Å². The maximum absolute atomic E-state index is 12.8. The number of piperidine rings is 1. The lowest BCUT2D eigenvalue weighted by atomic mass is 9.97. The van der Waals surface area contributed by atoms with Crippen molar-refractivity contribution in [3.8, 4) is 0 Å². The number of benzene rings is 1. The van der Waals surface area contributed by atoms with Crippen LogP contribution in [0.1, 0.15) is 13.3 Å². The van der Waals surface area contributed by atoms with E-state index in [0.717, 1.165) is 36.7 Å². The molecule has 0 saturated carbocycles. The number of nitrogens with two attached hydrogens (primary N) is 1. The number of hydrogen-bond acceptors (Lipinski definition) is 3. The summed E-state index contributed by atoms with van der Waals surface area (Å²) in [5.74, 6) is 1.56. The molecule has 100 valence electrons. The summed E-state index contributed by atoms with van der Waals surface area (Å²) in [5, 5.41) is 0. The number of rotatable bonds is 4. The van der Waals surface area contributed by atoms with Crippen molar-refractivity contribution in [1.82, 2.24) is 4.90 Å². The van der Waals surface area contributed by atoms with Gasteiger partial charge in [0.15, 0.2) is 0 Å². The Morgan fingerprint density at radius 3 is 2.72 bits per heavy atom. The van der Waals surface area contributed by atoms with E-state index in [9.17, 15) is 4.39 Å². The third-order valence-corrected chi connectivity index (χ3v) is 4.25. The molecule has 1 fully saturated rings. The molecular weight excluding hydrogens is 247 g/mol. The van der Waals surface area contributed by atoms with Crippen LogP contribution in [0.2, 0.25) is 0 Å². The Balaban J connectivity index is 1.73. The van der Waals surface area contributed by atoms with E-state index < -0.39 is 0 Å². The summed E-state index contributed by atoms with van der Waals surface area (Å²) in [6.07, 6.45) is 1.14. The van der Waals surface area contributed by atoms with Gasteiger partial charge in [-0.05, 0) is 36.6 Å². The van der Waals surface area contributed by atoms with E-state index in [1.807, 2.05) is 12.1 Å². The molecule has 0 spiro atoms. The summed E-state index contributed by atoms with van der Waals surface area (Å²) in [6, 6.07) is 7.03. The maximum atomic E-state index is 12.8. The highest BCUT2D eigenvalue weighted by Crippen LogP contribution is 2.20. The molecule has 1 aromatic rings. The minimum absolute atomic E-state index is 0.171. The number of halogens is 1. The van der Waals surface area contributed by atoms with Crippen molar-refractivity contribution in [2.45, 2.75) is 24.3 Å². The highest BCUT2D eigenvalue weighted by molar-refractivity contribution is 7.99. The molecule has 2 atom stereocenters. The fourth-order valence-electron chi connectivity index (χ4n) is 2.52. The van der Waals surface area contributed by atoms with Crippen LogP contribution in [-0.2, 0) is 0 Å². The zero-order chi connectivity index (χ0) is 13.0. The lowest BCUT2D eigenvalue weighted by Crippen LogP contribution is -2.46. The summed E-state index contributed by atoms with van der Waals surface area (Å²) in [6.45, 7) is 5.48. The first-order valence-electron chi connectivity index (χ1n) is 6.50. The Morgan fingerprint density at radius 2 is 2.06 bits per heavy atom. The minimum Gasteiger partial charge on any atom is -0.327 e. The second kappa shape index (κ2) is 6.55. The molecule has 2 rings (SSSR count). The van der Waals surface area contributed by atoms with Crippen LogP contribution in [0.5, 0.6) is 0 Å². The average molecular weight is 268 g/mol. The molecular formula is C14H21FN2S. The molecule has 1 heterocycles. The first-order valence-corrected chi connectivity index (χ1v) is 7.48. The van der Waals surface area contributed by atoms with Crippen molar-refractivity contribution in [3.63, 3.8) is 0 Å². The topological polar surface area (TPSA) is 29.3 Å². The number of thioether (sulfide) groups is 1. The monoisotopic (exact) mass is 268 g/mol. The van der Waals surface area contributed by atoms with Crippen LogP contribution in [0.3, 0.4) is 0 Å². The first-order chi connectivity index (χ1) is 8.63. The molecule has 1 saturated heterocycles. The van der Waals surface area contributed by atoms with Gasteiger partial charge in [-0.25, -0.2) is 4.39 Å². The van der Waals surface area contributed by atoms with Gasteiger partial charge in [-0.15, -0.1) is 11.8 Å². The van der Waals surface area contributed by atoms with Gasteiger partial charge in [-0.2, -0.15) is 0 Å². The molecule has 0 aliphatic carbocycles. The molecule has 18 heavy (non-hydrogen) atoms. The van der Waals surface area contributed by atoms with Gasteiger partial charge >= 0.3 is 0 Å². The molecule has 1 aromatic carbocycles. The van der Waals surface area contributed by atoms with E-state index in [2.05, 4.69) is 11.8 Å². The quantitative estimate of drug-likeness (QED) is 0.851. The zero-order valence-corrected chi connectivity index (χ0v) is 11.6. The Morgan fingerprint density at radius 1 is 1.33 bits per heavy atom. The summed E-state index contributed by atoms with van der Waals surface area (Å²) >= 11 is 1.78. The molecule has 0 bridgehead atoms. The lowest BCUT2D eigenvalue weighted by molar-refractivity contribution is 0.174. The SMILES string of the molecule is CC1CC(N)CN(CCSc2ccc(F)cc2)C1. The number of nitrogens with zero attached hydrogens (tertiary/aromatic N) is 1. The fourth-order valence-corrected chi connectivity index (χ4v) is 3.43. The Labute approximate surface area is 113 Å². The normalized spacial score (nSPS) is 25.3. The highest BCUT2D eigenvalue weighted by atomic mass is 32.2. The van der Waals surface area contributed by atoms with Crippen LogP contribution >= 0.6 is 11.8 Å². The van der Waals surface area contributed by atoms with E-state index >= 15 is 0 Å².